The maximum atomic E-state index is 3.57. The van der Waals surface area contributed by atoms with E-state index in [0.29, 0.717) is 0 Å². The van der Waals surface area contributed by atoms with E-state index in [1.165, 1.54) is 22.0 Å². The van der Waals surface area contributed by atoms with E-state index < -0.39 is 0 Å². The maximum Gasteiger partial charge on any atom is 0.0604 e. The van der Waals surface area contributed by atoms with Crippen molar-refractivity contribution in [1.82, 2.24) is 10.3 Å². The molecule has 0 aliphatic carbocycles. The van der Waals surface area contributed by atoms with Crippen LogP contribution >= 0.6 is 15.9 Å². The molecule has 0 fully saturated rings. The molecule has 2 nitrogen and oxygen atoms in total. The fraction of sp³-hybridized carbons (Fsp3) is 0.231. The summed E-state index contributed by atoms with van der Waals surface area (Å²) in [7, 11) is 0. The van der Waals surface area contributed by atoms with Gasteiger partial charge in [0.15, 0.2) is 0 Å². The Balaban J connectivity index is 2.17. The molecule has 2 heterocycles. The molecule has 1 aliphatic heterocycles. The van der Waals surface area contributed by atoms with Crippen molar-refractivity contribution < 1.29 is 0 Å². The molecule has 2 N–H and O–H groups in total. The second kappa shape index (κ2) is 4.07. The highest BCUT2D eigenvalue weighted by Crippen LogP contribution is 2.31. The van der Waals surface area contributed by atoms with Gasteiger partial charge in [-0.05, 0) is 40.5 Å². The minimum atomic E-state index is 0.982. The van der Waals surface area contributed by atoms with Gasteiger partial charge >= 0.3 is 0 Å². The molecule has 0 amide bonds. The van der Waals surface area contributed by atoms with Gasteiger partial charge in [-0.2, -0.15) is 0 Å². The normalized spacial score (nSPS) is 16.4. The summed E-state index contributed by atoms with van der Waals surface area (Å²) in [6.45, 7) is 2.06. The van der Waals surface area contributed by atoms with Crippen LogP contribution in [-0.2, 0) is 0 Å². The van der Waals surface area contributed by atoms with Crippen LogP contribution in [0.25, 0.3) is 16.5 Å². The average molecular weight is 277 g/mol. The monoisotopic (exact) mass is 276 g/mol. The van der Waals surface area contributed by atoms with E-state index in [1.54, 1.807) is 0 Å². The predicted molar refractivity (Wildman–Crippen MR) is 71.5 cm³/mol. The minimum Gasteiger partial charge on any atom is -0.360 e. The van der Waals surface area contributed by atoms with Crippen LogP contribution in [0, 0.1) is 0 Å². The van der Waals surface area contributed by atoms with E-state index in [9.17, 15) is 0 Å². The number of rotatable bonds is 1. The van der Waals surface area contributed by atoms with Crippen LogP contribution in [0.4, 0.5) is 0 Å². The quantitative estimate of drug-likeness (QED) is 0.822. The molecule has 3 rings (SSSR count). The predicted octanol–water partition coefficient (Wildman–Crippen LogP) is 3.31. The van der Waals surface area contributed by atoms with Crippen molar-refractivity contribution in [2.45, 2.75) is 6.42 Å². The van der Waals surface area contributed by atoms with E-state index in [4.69, 9.17) is 0 Å². The molecule has 0 saturated carbocycles. The number of H-pyrrole nitrogens is 1. The fourth-order valence-electron chi connectivity index (χ4n) is 2.25. The molecule has 0 unspecified atom stereocenters. The second-order valence-corrected chi connectivity index (χ2v) is 4.90. The smallest absolute Gasteiger partial charge is 0.0604 e. The highest BCUT2D eigenvalue weighted by molar-refractivity contribution is 9.10. The van der Waals surface area contributed by atoms with Crippen LogP contribution in [0.3, 0.4) is 0 Å². The third kappa shape index (κ3) is 1.60. The summed E-state index contributed by atoms with van der Waals surface area (Å²) >= 11 is 3.57. The first kappa shape index (κ1) is 10.1. The SMILES string of the molecule is Brc1cccc2c(C3=CCNCC3)c[nH]c12. The molecule has 1 aliphatic rings. The topological polar surface area (TPSA) is 27.8 Å². The Bertz CT molecular complexity index is 554. The van der Waals surface area contributed by atoms with E-state index in [1.807, 2.05) is 0 Å². The molecule has 2 aromatic rings. The summed E-state index contributed by atoms with van der Waals surface area (Å²) in [5.74, 6) is 0. The Labute approximate surface area is 103 Å². The maximum absolute atomic E-state index is 3.57. The van der Waals surface area contributed by atoms with Gasteiger partial charge in [-0.25, -0.2) is 0 Å². The molecule has 3 heteroatoms. The van der Waals surface area contributed by atoms with Gasteiger partial charge in [-0.1, -0.05) is 18.2 Å². The van der Waals surface area contributed by atoms with Gasteiger partial charge in [0.2, 0.25) is 0 Å². The van der Waals surface area contributed by atoms with Crippen molar-refractivity contribution in [3.05, 3.63) is 40.5 Å². The number of halogens is 1. The zero-order chi connectivity index (χ0) is 11.0. The van der Waals surface area contributed by atoms with Crippen molar-refractivity contribution in [3.63, 3.8) is 0 Å². The molecule has 16 heavy (non-hydrogen) atoms. The highest BCUT2D eigenvalue weighted by Gasteiger charge is 2.11. The number of aromatic amines is 1. The molecular weight excluding hydrogens is 264 g/mol. The van der Waals surface area contributed by atoms with Gasteiger partial charge in [0, 0.05) is 28.2 Å². The summed E-state index contributed by atoms with van der Waals surface area (Å²) in [6, 6.07) is 6.33. The Kier molecular flexibility index (Phi) is 2.58. The van der Waals surface area contributed by atoms with Crippen molar-refractivity contribution in [2.75, 3.05) is 13.1 Å². The number of para-hydroxylation sites is 1. The molecular formula is C13H13BrN2. The zero-order valence-electron chi connectivity index (χ0n) is 8.89. The van der Waals surface area contributed by atoms with E-state index in [-0.39, 0.29) is 0 Å². The number of aromatic nitrogens is 1. The van der Waals surface area contributed by atoms with Crippen molar-refractivity contribution in [3.8, 4) is 0 Å². The number of hydrogen-bond acceptors (Lipinski definition) is 1. The van der Waals surface area contributed by atoms with Gasteiger partial charge in [0.25, 0.3) is 0 Å². The summed E-state index contributed by atoms with van der Waals surface area (Å²) in [5.41, 5.74) is 3.98. The van der Waals surface area contributed by atoms with Crippen molar-refractivity contribution in [2.24, 2.45) is 0 Å². The lowest BCUT2D eigenvalue weighted by atomic mass is 10.00. The van der Waals surface area contributed by atoms with E-state index in [0.717, 1.165) is 24.0 Å². The first-order valence-electron chi connectivity index (χ1n) is 5.52. The largest absolute Gasteiger partial charge is 0.360 e. The first-order chi connectivity index (χ1) is 7.86. The molecule has 0 spiro atoms. The third-order valence-corrected chi connectivity index (χ3v) is 3.74. The number of hydrogen-bond donors (Lipinski definition) is 2. The average Bonchev–Trinajstić information content (AvgIpc) is 2.75. The third-order valence-electron chi connectivity index (χ3n) is 3.07. The van der Waals surface area contributed by atoms with Crippen LogP contribution in [-0.4, -0.2) is 18.1 Å². The lowest BCUT2D eigenvalue weighted by molar-refractivity contribution is 0.739. The van der Waals surface area contributed by atoms with Crippen molar-refractivity contribution in [1.29, 1.82) is 0 Å². The van der Waals surface area contributed by atoms with Gasteiger partial charge in [0.05, 0.1) is 5.52 Å². The Hall–Kier alpha value is -1.06. The number of nitrogens with one attached hydrogen (secondary N) is 2. The van der Waals surface area contributed by atoms with E-state index >= 15 is 0 Å². The minimum absolute atomic E-state index is 0.982. The lowest BCUT2D eigenvalue weighted by Crippen LogP contribution is -2.19. The van der Waals surface area contributed by atoms with E-state index in [2.05, 4.69) is 56.7 Å². The highest BCUT2D eigenvalue weighted by atomic mass is 79.9. The van der Waals surface area contributed by atoms with Gasteiger partial charge in [-0.15, -0.1) is 0 Å². The molecule has 0 bridgehead atoms. The summed E-state index contributed by atoms with van der Waals surface area (Å²) in [6.07, 6.45) is 5.51. The molecule has 0 radical (unpaired) electrons. The summed E-state index contributed by atoms with van der Waals surface area (Å²) < 4.78 is 1.13. The van der Waals surface area contributed by atoms with Crippen LogP contribution in [0.15, 0.2) is 34.9 Å². The Morgan fingerprint density at radius 2 is 2.19 bits per heavy atom. The van der Waals surface area contributed by atoms with Crippen molar-refractivity contribution >= 4 is 32.4 Å². The zero-order valence-corrected chi connectivity index (χ0v) is 10.5. The van der Waals surface area contributed by atoms with Crippen LogP contribution < -0.4 is 5.32 Å². The van der Waals surface area contributed by atoms with Crippen LogP contribution in [0.2, 0.25) is 0 Å². The first-order valence-corrected chi connectivity index (χ1v) is 6.31. The molecule has 82 valence electrons. The Morgan fingerprint density at radius 3 is 3.00 bits per heavy atom. The second-order valence-electron chi connectivity index (χ2n) is 4.05. The van der Waals surface area contributed by atoms with Gasteiger partial charge in [0.1, 0.15) is 0 Å². The summed E-state index contributed by atoms with van der Waals surface area (Å²) in [4.78, 5) is 3.35. The molecule has 0 atom stereocenters. The lowest BCUT2D eigenvalue weighted by Gasteiger charge is -2.13. The molecule has 1 aromatic carbocycles. The van der Waals surface area contributed by atoms with Crippen LogP contribution in [0.1, 0.15) is 12.0 Å². The van der Waals surface area contributed by atoms with Crippen LogP contribution in [0.5, 0.6) is 0 Å². The standard InChI is InChI=1S/C13H13BrN2/c14-12-3-1-2-10-11(8-16-13(10)12)9-4-6-15-7-5-9/h1-4,8,15-16H,5-7H2. The Morgan fingerprint density at radius 1 is 1.25 bits per heavy atom. The fourth-order valence-corrected chi connectivity index (χ4v) is 2.73. The summed E-state index contributed by atoms with van der Waals surface area (Å²) in [5, 5.41) is 4.65. The number of fused-ring (bicyclic) bond motifs is 1. The van der Waals surface area contributed by atoms with Gasteiger partial charge < -0.3 is 10.3 Å². The van der Waals surface area contributed by atoms with Gasteiger partial charge in [-0.3, -0.25) is 0 Å². The molecule has 1 aromatic heterocycles. The number of benzene rings is 1. The molecule has 0 saturated heterocycles.